The fraction of sp³-hybridized carbons (Fsp3) is 0.368. The Kier molecular flexibility index (Phi) is 6.75. The lowest BCUT2D eigenvalue weighted by Crippen LogP contribution is -2.47. The van der Waals surface area contributed by atoms with Crippen molar-refractivity contribution < 1.29 is 0 Å². The molecule has 0 saturated carbocycles. The number of thiophene rings is 1. The molecule has 1 fully saturated rings. The first-order valence-electron chi connectivity index (χ1n) is 9.16. The molecule has 1 N–H and O–H groups in total. The molecule has 0 spiro atoms. The van der Waals surface area contributed by atoms with E-state index in [1.54, 1.807) is 23.9 Å². The lowest BCUT2D eigenvalue weighted by atomic mass is 10.1. The van der Waals surface area contributed by atoms with Gasteiger partial charge in [0.15, 0.2) is 0 Å². The van der Waals surface area contributed by atoms with Crippen LogP contribution in [0.4, 0.5) is 11.6 Å². The maximum absolute atomic E-state index is 9.34. The molecule has 0 aromatic carbocycles. The molecule has 3 aromatic heterocycles. The van der Waals surface area contributed by atoms with Gasteiger partial charge in [0.05, 0.1) is 10.9 Å². The Balaban J connectivity index is 0.00000120. The van der Waals surface area contributed by atoms with E-state index in [4.69, 9.17) is 0 Å². The van der Waals surface area contributed by atoms with Crippen LogP contribution in [0.25, 0.3) is 10.2 Å². The second-order valence-corrected chi connectivity index (χ2v) is 7.85. The van der Waals surface area contributed by atoms with E-state index in [1.165, 1.54) is 15.8 Å². The lowest BCUT2D eigenvalue weighted by Gasteiger charge is -2.36. The molecule has 1 saturated heterocycles. The molecule has 10 heteroatoms. The van der Waals surface area contributed by atoms with Crippen LogP contribution in [-0.4, -0.2) is 47.7 Å². The Bertz CT molecular complexity index is 1040. The number of pyridine rings is 1. The topological polar surface area (TPSA) is 81.0 Å². The summed E-state index contributed by atoms with van der Waals surface area (Å²) in [6.07, 6.45) is 4.48. The highest BCUT2D eigenvalue weighted by Gasteiger charge is 2.26. The SMILES string of the molecule is Cl.Cl.N#Cc1cccnc1N1CCN(c2ncnc3sc4c(c23)CCNC4)CC1. The fourth-order valence-electron chi connectivity index (χ4n) is 3.95. The standard InChI is InChI=1S/C19H19N7S.2ClH/c20-10-13-2-1-4-22-17(13)25-6-8-26(9-7-25)18-16-14-3-5-21-11-15(14)27-19(16)24-12-23-18;;/h1-2,4,12,21H,3,5-9,11H2;2*1H. The minimum Gasteiger partial charge on any atom is -0.352 e. The summed E-state index contributed by atoms with van der Waals surface area (Å²) in [6.45, 7) is 5.31. The molecule has 3 aromatic rings. The van der Waals surface area contributed by atoms with Gasteiger partial charge in [-0.2, -0.15) is 5.26 Å². The highest BCUT2D eigenvalue weighted by Crippen LogP contribution is 2.37. The average molecular weight is 450 g/mol. The van der Waals surface area contributed by atoms with Crippen LogP contribution in [0.5, 0.6) is 0 Å². The molecule has 0 radical (unpaired) electrons. The van der Waals surface area contributed by atoms with Crippen molar-refractivity contribution in [2.75, 3.05) is 42.5 Å². The summed E-state index contributed by atoms with van der Waals surface area (Å²) < 4.78 is 0. The number of aromatic nitrogens is 3. The van der Waals surface area contributed by atoms with Crippen molar-refractivity contribution in [3.05, 3.63) is 40.7 Å². The summed E-state index contributed by atoms with van der Waals surface area (Å²) in [4.78, 5) is 20.6. The third-order valence-electron chi connectivity index (χ3n) is 5.27. The highest BCUT2D eigenvalue weighted by molar-refractivity contribution is 7.19. The first kappa shape index (κ1) is 21.5. The number of halogens is 2. The molecular formula is C19H21Cl2N7S. The number of nitrogens with one attached hydrogen (secondary N) is 1. The van der Waals surface area contributed by atoms with E-state index in [1.807, 2.05) is 12.1 Å². The van der Waals surface area contributed by atoms with Crippen molar-refractivity contribution in [2.24, 2.45) is 0 Å². The van der Waals surface area contributed by atoms with Crippen molar-refractivity contribution in [1.82, 2.24) is 20.3 Å². The van der Waals surface area contributed by atoms with E-state index < -0.39 is 0 Å². The molecule has 2 aliphatic heterocycles. The molecule has 2 aliphatic rings. The van der Waals surface area contributed by atoms with E-state index in [0.717, 1.165) is 62.2 Å². The molecule has 5 heterocycles. The Hall–Kier alpha value is -2.18. The molecule has 0 amide bonds. The first-order chi connectivity index (χ1) is 13.3. The van der Waals surface area contributed by atoms with Gasteiger partial charge in [0, 0.05) is 43.8 Å². The second-order valence-electron chi connectivity index (χ2n) is 6.77. The average Bonchev–Trinajstić information content (AvgIpc) is 3.12. The zero-order valence-corrected chi connectivity index (χ0v) is 18.1. The van der Waals surface area contributed by atoms with Gasteiger partial charge in [-0.1, -0.05) is 0 Å². The largest absolute Gasteiger partial charge is 0.352 e. The van der Waals surface area contributed by atoms with E-state index in [9.17, 15) is 5.26 Å². The Morgan fingerprint density at radius 1 is 1.03 bits per heavy atom. The van der Waals surface area contributed by atoms with Gasteiger partial charge < -0.3 is 15.1 Å². The summed E-state index contributed by atoms with van der Waals surface area (Å²) in [6, 6.07) is 5.89. The number of hydrogen-bond acceptors (Lipinski definition) is 8. The molecule has 152 valence electrons. The van der Waals surface area contributed by atoms with Crippen LogP contribution in [0.1, 0.15) is 16.0 Å². The Labute approximate surface area is 185 Å². The van der Waals surface area contributed by atoms with Crippen LogP contribution in [0, 0.1) is 11.3 Å². The second kappa shape index (κ2) is 9.09. The monoisotopic (exact) mass is 449 g/mol. The minimum atomic E-state index is 0. The zero-order chi connectivity index (χ0) is 18.2. The third-order valence-corrected chi connectivity index (χ3v) is 6.41. The molecule has 7 nitrogen and oxygen atoms in total. The zero-order valence-electron chi connectivity index (χ0n) is 15.7. The summed E-state index contributed by atoms with van der Waals surface area (Å²) in [7, 11) is 0. The third kappa shape index (κ3) is 3.83. The molecule has 0 bridgehead atoms. The number of anilines is 2. The predicted octanol–water partition coefficient (Wildman–Crippen LogP) is 2.77. The minimum absolute atomic E-state index is 0. The molecule has 29 heavy (non-hydrogen) atoms. The Morgan fingerprint density at radius 2 is 1.79 bits per heavy atom. The van der Waals surface area contributed by atoms with Crippen molar-refractivity contribution in [2.45, 2.75) is 13.0 Å². The van der Waals surface area contributed by atoms with Crippen molar-refractivity contribution in [1.29, 1.82) is 5.26 Å². The van der Waals surface area contributed by atoms with Crippen LogP contribution < -0.4 is 15.1 Å². The van der Waals surface area contributed by atoms with Crippen molar-refractivity contribution in [3.8, 4) is 6.07 Å². The summed E-state index contributed by atoms with van der Waals surface area (Å²) in [5, 5.41) is 14.0. The van der Waals surface area contributed by atoms with Gasteiger partial charge in [0.2, 0.25) is 0 Å². The van der Waals surface area contributed by atoms with Crippen LogP contribution in [-0.2, 0) is 13.0 Å². The quantitative estimate of drug-likeness (QED) is 0.643. The first-order valence-corrected chi connectivity index (χ1v) is 9.98. The predicted molar refractivity (Wildman–Crippen MR) is 121 cm³/mol. The van der Waals surface area contributed by atoms with E-state index in [0.29, 0.717) is 5.56 Å². The maximum atomic E-state index is 9.34. The lowest BCUT2D eigenvalue weighted by molar-refractivity contribution is 0.640. The van der Waals surface area contributed by atoms with Gasteiger partial charge in [0.1, 0.15) is 28.9 Å². The number of rotatable bonds is 2. The van der Waals surface area contributed by atoms with Crippen molar-refractivity contribution in [3.63, 3.8) is 0 Å². The summed E-state index contributed by atoms with van der Waals surface area (Å²) in [5.41, 5.74) is 2.05. The van der Waals surface area contributed by atoms with Crippen molar-refractivity contribution >= 4 is 58.0 Å². The number of nitrogens with zero attached hydrogens (tertiary/aromatic N) is 6. The summed E-state index contributed by atoms with van der Waals surface area (Å²) in [5.74, 6) is 1.84. The van der Waals surface area contributed by atoms with Crippen LogP contribution >= 0.6 is 36.2 Å². The number of fused-ring (bicyclic) bond motifs is 3. The molecule has 5 rings (SSSR count). The Morgan fingerprint density at radius 3 is 2.55 bits per heavy atom. The van der Waals surface area contributed by atoms with E-state index in [2.05, 4.69) is 36.1 Å². The fourth-order valence-corrected chi connectivity index (χ4v) is 5.10. The van der Waals surface area contributed by atoms with Gasteiger partial charge in [-0.05, 0) is 30.7 Å². The van der Waals surface area contributed by atoms with Gasteiger partial charge in [-0.3, -0.25) is 0 Å². The van der Waals surface area contributed by atoms with Gasteiger partial charge in [-0.15, -0.1) is 36.2 Å². The van der Waals surface area contributed by atoms with Gasteiger partial charge >= 0.3 is 0 Å². The summed E-state index contributed by atoms with van der Waals surface area (Å²) >= 11 is 1.78. The van der Waals surface area contributed by atoms with Gasteiger partial charge in [-0.25, -0.2) is 15.0 Å². The van der Waals surface area contributed by atoms with Crippen LogP contribution in [0.2, 0.25) is 0 Å². The number of piperazine rings is 1. The van der Waals surface area contributed by atoms with Crippen LogP contribution in [0.3, 0.4) is 0 Å². The van der Waals surface area contributed by atoms with Gasteiger partial charge in [0.25, 0.3) is 0 Å². The number of hydrogen-bond donors (Lipinski definition) is 1. The van der Waals surface area contributed by atoms with Crippen LogP contribution in [0.15, 0.2) is 24.7 Å². The highest BCUT2D eigenvalue weighted by atomic mass is 35.5. The smallest absolute Gasteiger partial charge is 0.146 e. The molecule has 0 aliphatic carbocycles. The molecule has 0 atom stereocenters. The normalized spacial score (nSPS) is 15.8. The molecular weight excluding hydrogens is 429 g/mol. The number of nitriles is 1. The van der Waals surface area contributed by atoms with E-state index >= 15 is 0 Å². The van der Waals surface area contributed by atoms with E-state index in [-0.39, 0.29) is 24.8 Å². The molecule has 0 unspecified atom stereocenters. The maximum Gasteiger partial charge on any atom is 0.146 e.